The lowest BCUT2D eigenvalue weighted by molar-refractivity contribution is -0.120. The Balaban J connectivity index is 1.59. The number of nitrogens with zero attached hydrogens (tertiary/aromatic N) is 1. The van der Waals surface area contributed by atoms with Crippen molar-refractivity contribution >= 4 is 33.4 Å². The number of anilines is 1. The Morgan fingerprint density at radius 3 is 2.30 bits per heavy atom. The smallest absolute Gasteiger partial charge is 0.288 e. The van der Waals surface area contributed by atoms with Gasteiger partial charge in [-0.25, -0.2) is 8.42 Å². The lowest BCUT2D eigenvalue weighted by Crippen LogP contribution is -2.41. The highest BCUT2D eigenvalue weighted by Crippen LogP contribution is 2.28. The number of nitrogens with one attached hydrogen (secondary N) is 1. The Bertz CT molecular complexity index is 1000. The second kappa shape index (κ2) is 9.45. The fraction of sp³-hybridized carbons (Fsp3) is 0.381. The Kier molecular flexibility index (Phi) is 7.15. The fourth-order valence-electron chi connectivity index (χ4n) is 3.55. The highest BCUT2D eigenvalue weighted by molar-refractivity contribution is 7.99. The molecule has 3 rings (SSSR count). The van der Waals surface area contributed by atoms with E-state index in [0.29, 0.717) is 45.6 Å². The van der Waals surface area contributed by atoms with Gasteiger partial charge in [0.05, 0.1) is 4.90 Å². The number of hydrogen-bond acceptors (Lipinski definition) is 4. The second-order valence-corrected chi connectivity index (χ2v) is 10.3. The second-order valence-electron chi connectivity index (χ2n) is 7.34. The van der Waals surface area contributed by atoms with Gasteiger partial charge >= 0.3 is 0 Å². The number of thioether (sulfide) groups is 1. The Hall–Kier alpha value is -1.97. The quantitative estimate of drug-likeness (QED) is 0.645. The number of amides is 1. The molecule has 5 nitrogen and oxygen atoms in total. The summed E-state index contributed by atoms with van der Waals surface area (Å²) in [4.78, 5) is 13.3. The first-order valence-corrected chi connectivity index (χ1v) is 11.9. The molecule has 1 N–H and O–H groups in total. The van der Waals surface area contributed by atoms with E-state index in [1.54, 1.807) is 31.2 Å². The number of benzene rings is 2. The van der Waals surface area contributed by atoms with Crippen molar-refractivity contribution in [3.63, 3.8) is 0 Å². The van der Waals surface area contributed by atoms with Crippen molar-refractivity contribution in [1.29, 1.82) is 0 Å². The summed E-state index contributed by atoms with van der Waals surface area (Å²) in [6.45, 7) is 4.25. The average Bonchev–Trinajstić information content (AvgIpc) is 2.69. The molecule has 0 radical (unpaired) electrons. The maximum Gasteiger partial charge on any atom is 0.288 e. The summed E-state index contributed by atoms with van der Waals surface area (Å²) < 4.78 is 52.1. The van der Waals surface area contributed by atoms with Crippen molar-refractivity contribution < 1.29 is 22.0 Å². The summed E-state index contributed by atoms with van der Waals surface area (Å²) in [5.41, 5.74) is 2.25. The number of alkyl halides is 2. The molecule has 2 aromatic carbocycles. The van der Waals surface area contributed by atoms with Crippen molar-refractivity contribution in [2.24, 2.45) is 5.92 Å². The summed E-state index contributed by atoms with van der Waals surface area (Å²) >= 11 is 0.448. The zero-order chi connectivity index (χ0) is 21.9. The predicted molar refractivity (Wildman–Crippen MR) is 114 cm³/mol. The van der Waals surface area contributed by atoms with Gasteiger partial charge < -0.3 is 5.32 Å². The Morgan fingerprint density at radius 2 is 1.73 bits per heavy atom. The molecular formula is C21H24F2N2O3S2. The van der Waals surface area contributed by atoms with Crippen molar-refractivity contribution in [2.45, 2.75) is 42.2 Å². The minimum atomic E-state index is -3.59. The summed E-state index contributed by atoms with van der Waals surface area (Å²) in [5, 5.41) is 2.79. The van der Waals surface area contributed by atoms with Crippen LogP contribution in [0.2, 0.25) is 0 Å². The lowest BCUT2D eigenvalue weighted by Gasteiger charge is -2.31. The van der Waals surface area contributed by atoms with Crippen LogP contribution >= 0.6 is 11.8 Å². The Morgan fingerprint density at radius 1 is 1.10 bits per heavy atom. The topological polar surface area (TPSA) is 66.5 Å². The van der Waals surface area contributed by atoms with E-state index in [-0.39, 0.29) is 24.9 Å². The maximum atomic E-state index is 13.0. The average molecular weight is 455 g/mol. The van der Waals surface area contributed by atoms with Crippen molar-refractivity contribution in [2.75, 3.05) is 18.4 Å². The standard InChI is InChI=1S/C21H24F2N2O3S2/c1-14-3-8-19(15(2)13-14)30(27,28)25-11-9-16(10-12-25)20(26)24-17-4-6-18(7-5-17)29-21(22)23/h3-8,13,16,21H,9-12H2,1-2H3,(H,24,26). The van der Waals surface area contributed by atoms with Crippen LogP contribution < -0.4 is 5.32 Å². The molecule has 0 bridgehead atoms. The van der Waals surface area contributed by atoms with Crippen LogP contribution in [0.4, 0.5) is 14.5 Å². The summed E-state index contributed by atoms with van der Waals surface area (Å²) in [6.07, 6.45) is 0.852. The SMILES string of the molecule is Cc1ccc(S(=O)(=O)N2CCC(C(=O)Nc3ccc(SC(F)F)cc3)CC2)c(C)c1. The van der Waals surface area contributed by atoms with Crippen molar-refractivity contribution in [1.82, 2.24) is 4.31 Å². The van der Waals surface area contributed by atoms with Gasteiger partial charge in [-0.3, -0.25) is 4.79 Å². The summed E-state index contributed by atoms with van der Waals surface area (Å²) in [6, 6.07) is 11.5. The number of carbonyl (C=O) groups is 1. The molecule has 0 atom stereocenters. The molecule has 0 aliphatic carbocycles. The van der Waals surface area contributed by atoms with E-state index in [1.165, 1.54) is 16.4 Å². The number of aryl methyl sites for hydroxylation is 2. The minimum absolute atomic E-state index is 0.187. The third-order valence-corrected chi connectivity index (χ3v) is 7.90. The predicted octanol–water partition coefficient (Wildman–Crippen LogP) is 4.66. The molecule has 162 valence electrons. The molecule has 30 heavy (non-hydrogen) atoms. The first-order chi connectivity index (χ1) is 14.2. The van der Waals surface area contributed by atoms with Gasteiger partial charge in [0.2, 0.25) is 15.9 Å². The van der Waals surface area contributed by atoms with Crippen LogP contribution in [0.25, 0.3) is 0 Å². The molecule has 9 heteroatoms. The summed E-state index contributed by atoms with van der Waals surface area (Å²) in [7, 11) is -3.59. The lowest BCUT2D eigenvalue weighted by atomic mass is 9.97. The number of piperidine rings is 1. The van der Waals surface area contributed by atoms with E-state index in [0.717, 1.165) is 5.56 Å². The van der Waals surface area contributed by atoms with Gasteiger partial charge in [-0.2, -0.15) is 13.1 Å². The van der Waals surface area contributed by atoms with Crippen molar-refractivity contribution in [3.8, 4) is 0 Å². The molecule has 1 aliphatic rings. The van der Waals surface area contributed by atoms with Crippen LogP contribution in [0.15, 0.2) is 52.3 Å². The van der Waals surface area contributed by atoms with Gasteiger partial charge in [0.1, 0.15) is 0 Å². The van der Waals surface area contributed by atoms with Crippen LogP contribution in [0.1, 0.15) is 24.0 Å². The van der Waals surface area contributed by atoms with E-state index in [9.17, 15) is 22.0 Å². The van der Waals surface area contributed by atoms with E-state index in [4.69, 9.17) is 0 Å². The van der Waals surface area contributed by atoms with E-state index in [2.05, 4.69) is 5.32 Å². The van der Waals surface area contributed by atoms with Gasteiger partial charge in [-0.15, -0.1) is 0 Å². The van der Waals surface area contributed by atoms with Crippen LogP contribution in [0.3, 0.4) is 0 Å². The van der Waals surface area contributed by atoms with Gasteiger partial charge in [-0.05, 0) is 62.6 Å². The van der Waals surface area contributed by atoms with Gasteiger partial charge in [0.15, 0.2) is 0 Å². The maximum absolute atomic E-state index is 13.0. The molecule has 0 spiro atoms. The van der Waals surface area contributed by atoms with Gasteiger partial charge in [-0.1, -0.05) is 29.5 Å². The third kappa shape index (κ3) is 5.39. The normalized spacial score (nSPS) is 16.0. The molecule has 0 saturated carbocycles. The van der Waals surface area contributed by atoms with Crippen LogP contribution in [0.5, 0.6) is 0 Å². The minimum Gasteiger partial charge on any atom is -0.326 e. The molecule has 1 aliphatic heterocycles. The van der Waals surface area contributed by atoms with Crippen LogP contribution in [0, 0.1) is 19.8 Å². The molecule has 0 aromatic heterocycles. The zero-order valence-corrected chi connectivity index (χ0v) is 18.4. The molecular weight excluding hydrogens is 430 g/mol. The zero-order valence-electron chi connectivity index (χ0n) is 16.8. The van der Waals surface area contributed by atoms with Crippen molar-refractivity contribution in [3.05, 3.63) is 53.6 Å². The van der Waals surface area contributed by atoms with E-state index in [1.807, 2.05) is 13.0 Å². The third-order valence-electron chi connectivity index (χ3n) is 5.12. The fourth-order valence-corrected chi connectivity index (χ4v) is 5.72. The molecule has 1 amide bonds. The highest BCUT2D eigenvalue weighted by atomic mass is 32.2. The molecule has 0 unspecified atom stereocenters. The number of halogens is 2. The first-order valence-electron chi connectivity index (χ1n) is 9.60. The Labute approximate surface area is 179 Å². The van der Waals surface area contributed by atoms with E-state index < -0.39 is 15.8 Å². The monoisotopic (exact) mass is 454 g/mol. The number of sulfonamides is 1. The van der Waals surface area contributed by atoms with Gasteiger partial charge in [0.25, 0.3) is 5.76 Å². The number of carbonyl (C=O) groups excluding carboxylic acids is 1. The molecule has 1 heterocycles. The largest absolute Gasteiger partial charge is 0.326 e. The summed E-state index contributed by atoms with van der Waals surface area (Å²) in [5.74, 6) is -2.98. The van der Waals surface area contributed by atoms with Gasteiger partial charge in [0, 0.05) is 29.6 Å². The first kappa shape index (κ1) is 22.7. The number of hydrogen-bond donors (Lipinski definition) is 1. The highest BCUT2D eigenvalue weighted by Gasteiger charge is 2.32. The number of rotatable bonds is 6. The molecule has 2 aromatic rings. The van der Waals surface area contributed by atoms with Crippen LogP contribution in [-0.2, 0) is 14.8 Å². The molecule has 1 fully saturated rings. The van der Waals surface area contributed by atoms with Crippen LogP contribution in [-0.4, -0.2) is 37.5 Å². The van der Waals surface area contributed by atoms with E-state index >= 15 is 0 Å². The molecule has 1 saturated heterocycles.